The van der Waals surface area contributed by atoms with E-state index >= 15 is 0 Å². The third-order valence-corrected chi connectivity index (χ3v) is 4.63. The molecule has 0 unspecified atom stereocenters. The number of furan rings is 1. The summed E-state index contributed by atoms with van der Waals surface area (Å²) in [6.07, 6.45) is 4.20. The van der Waals surface area contributed by atoms with E-state index in [1.54, 1.807) is 18.6 Å². The molecule has 3 rings (SSSR count). The third-order valence-electron chi connectivity index (χ3n) is 4.63. The van der Waals surface area contributed by atoms with Gasteiger partial charge in [-0.05, 0) is 52.4 Å². The van der Waals surface area contributed by atoms with Gasteiger partial charge in [0.05, 0.1) is 12.5 Å². The molecule has 0 bridgehead atoms. The Morgan fingerprint density at radius 1 is 0.963 bits per heavy atom. The average molecular weight is 361 g/mol. The first kappa shape index (κ1) is 19.0. The lowest BCUT2D eigenvalue weighted by Gasteiger charge is -2.19. The monoisotopic (exact) mass is 361 g/mol. The Labute approximate surface area is 160 Å². The molecule has 0 aliphatic rings. The molecule has 0 spiro atoms. The second kappa shape index (κ2) is 8.29. The summed E-state index contributed by atoms with van der Waals surface area (Å²) >= 11 is 0. The molecule has 2 aromatic carbocycles. The Morgan fingerprint density at radius 2 is 1.70 bits per heavy atom. The summed E-state index contributed by atoms with van der Waals surface area (Å²) in [7, 11) is 2.36. The summed E-state index contributed by atoms with van der Waals surface area (Å²) in [4.78, 5) is 1.96. The Balaban J connectivity index is 2.29. The zero-order chi connectivity index (χ0) is 19.4. The minimum absolute atomic E-state index is 0.474. The number of benzene rings is 2. The van der Waals surface area contributed by atoms with Crippen LogP contribution in [0.3, 0.4) is 0 Å². The van der Waals surface area contributed by atoms with E-state index in [4.69, 9.17) is 4.42 Å². The quantitative estimate of drug-likeness (QED) is 0.522. The molecule has 0 atom stereocenters. The zero-order valence-electron chi connectivity index (χ0n) is 15.9. The summed E-state index contributed by atoms with van der Waals surface area (Å²) in [6.45, 7) is 2.11. The van der Waals surface area contributed by atoms with E-state index < -0.39 is 7.12 Å². The molecular weight excluding hydrogens is 337 g/mol. The molecule has 27 heavy (non-hydrogen) atoms. The van der Waals surface area contributed by atoms with Gasteiger partial charge in [0.1, 0.15) is 0 Å². The van der Waals surface area contributed by atoms with Crippen LogP contribution in [-0.4, -0.2) is 31.3 Å². The van der Waals surface area contributed by atoms with E-state index in [0.717, 1.165) is 39.9 Å². The van der Waals surface area contributed by atoms with Gasteiger partial charge in [0.15, 0.2) is 0 Å². The van der Waals surface area contributed by atoms with Crippen LogP contribution in [0.4, 0.5) is 5.69 Å². The van der Waals surface area contributed by atoms with E-state index in [1.165, 1.54) is 0 Å². The number of hydrogen-bond donors (Lipinski definition) is 2. The molecule has 0 amide bonds. The van der Waals surface area contributed by atoms with Gasteiger partial charge in [-0.2, -0.15) is 0 Å². The summed E-state index contributed by atoms with van der Waals surface area (Å²) in [5.41, 5.74) is 6.65. The van der Waals surface area contributed by atoms with Crippen LogP contribution in [0.1, 0.15) is 30.0 Å². The third kappa shape index (κ3) is 4.16. The summed E-state index contributed by atoms with van der Waals surface area (Å²) in [5.74, 6) is 0. The highest BCUT2D eigenvalue weighted by Gasteiger charge is 2.18. The highest BCUT2D eigenvalue weighted by molar-refractivity contribution is 6.58. The van der Waals surface area contributed by atoms with Crippen molar-refractivity contribution in [1.82, 2.24) is 0 Å². The Kier molecular flexibility index (Phi) is 5.84. The van der Waals surface area contributed by atoms with Gasteiger partial charge in [0, 0.05) is 25.3 Å². The smallest absolute Gasteiger partial charge is 0.472 e. The molecule has 3 aromatic rings. The maximum absolute atomic E-state index is 9.75. The normalized spacial score (nSPS) is 11.9. The SMILES string of the molecule is CC/C(=C(/c1ccccc1)c1ccoc1)c1cc(B(O)O)cc(N(C)C)c1. The number of rotatable bonds is 6. The van der Waals surface area contributed by atoms with Crippen molar-refractivity contribution in [3.8, 4) is 0 Å². The fraction of sp³-hybridized carbons (Fsp3) is 0.182. The molecule has 1 heterocycles. The van der Waals surface area contributed by atoms with Crippen molar-refractivity contribution in [2.75, 3.05) is 19.0 Å². The zero-order valence-corrected chi connectivity index (χ0v) is 15.9. The predicted molar refractivity (Wildman–Crippen MR) is 112 cm³/mol. The number of allylic oxidation sites excluding steroid dienone is 1. The van der Waals surface area contributed by atoms with Crippen molar-refractivity contribution >= 4 is 29.4 Å². The molecule has 0 aliphatic carbocycles. The second-order valence-electron chi connectivity index (χ2n) is 6.67. The molecule has 2 N–H and O–H groups in total. The minimum Gasteiger partial charge on any atom is -0.472 e. The van der Waals surface area contributed by atoms with Crippen LogP contribution in [0.2, 0.25) is 0 Å². The fourth-order valence-electron chi connectivity index (χ4n) is 3.27. The van der Waals surface area contributed by atoms with E-state index in [0.29, 0.717) is 5.46 Å². The van der Waals surface area contributed by atoms with Crippen molar-refractivity contribution in [3.05, 3.63) is 83.8 Å². The van der Waals surface area contributed by atoms with Crippen LogP contribution in [0, 0.1) is 0 Å². The van der Waals surface area contributed by atoms with Gasteiger partial charge < -0.3 is 19.4 Å². The van der Waals surface area contributed by atoms with Gasteiger partial charge >= 0.3 is 7.12 Å². The van der Waals surface area contributed by atoms with E-state index in [-0.39, 0.29) is 0 Å². The van der Waals surface area contributed by atoms with Crippen LogP contribution in [-0.2, 0) is 0 Å². The highest BCUT2D eigenvalue weighted by atomic mass is 16.4. The Morgan fingerprint density at radius 3 is 2.26 bits per heavy atom. The lowest BCUT2D eigenvalue weighted by Crippen LogP contribution is -2.31. The van der Waals surface area contributed by atoms with Crippen molar-refractivity contribution in [3.63, 3.8) is 0 Å². The summed E-state index contributed by atoms with van der Waals surface area (Å²) < 4.78 is 5.35. The van der Waals surface area contributed by atoms with Gasteiger partial charge in [-0.3, -0.25) is 0 Å². The van der Waals surface area contributed by atoms with Crippen LogP contribution in [0.15, 0.2) is 71.5 Å². The predicted octanol–water partition coefficient (Wildman–Crippen LogP) is 3.39. The largest absolute Gasteiger partial charge is 0.488 e. The second-order valence-corrected chi connectivity index (χ2v) is 6.67. The lowest BCUT2D eigenvalue weighted by atomic mass is 9.77. The molecule has 138 valence electrons. The van der Waals surface area contributed by atoms with Crippen molar-refractivity contribution in [2.45, 2.75) is 13.3 Å². The van der Waals surface area contributed by atoms with Crippen molar-refractivity contribution in [2.24, 2.45) is 0 Å². The lowest BCUT2D eigenvalue weighted by molar-refractivity contribution is 0.426. The molecule has 0 radical (unpaired) electrons. The van der Waals surface area contributed by atoms with E-state index in [1.807, 2.05) is 49.3 Å². The molecule has 0 aliphatic heterocycles. The van der Waals surface area contributed by atoms with Crippen molar-refractivity contribution < 1.29 is 14.5 Å². The van der Waals surface area contributed by atoms with E-state index in [9.17, 15) is 10.0 Å². The topological polar surface area (TPSA) is 56.8 Å². The minimum atomic E-state index is -1.52. The molecular formula is C22H24BNO3. The summed E-state index contributed by atoms with van der Waals surface area (Å²) in [5, 5.41) is 19.5. The van der Waals surface area contributed by atoms with E-state index in [2.05, 4.69) is 25.1 Å². The first-order chi connectivity index (χ1) is 13.0. The average Bonchev–Trinajstić information content (AvgIpc) is 3.20. The van der Waals surface area contributed by atoms with Gasteiger partial charge in [-0.25, -0.2) is 0 Å². The standard InChI is InChI=1S/C22H24BNO3/c1-4-21(18-12-19(23(25)26)14-20(13-18)24(2)3)22(17-10-11-27-15-17)16-8-6-5-7-9-16/h5-15,25-26H,4H2,1-3H3/b22-21+. The summed E-state index contributed by atoms with van der Waals surface area (Å²) in [6, 6.07) is 17.9. The Hall–Kier alpha value is -2.76. The molecule has 0 saturated carbocycles. The van der Waals surface area contributed by atoms with Crippen LogP contribution in [0.5, 0.6) is 0 Å². The van der Waals surface area contributed by atoms with Crippen molar-refractivity contribution in [1.29, 1.82) is 0 Å². The molecule has 0 fully saturated rings. The van der Waals surface area contributed by atoms with Crippen LogP contribution in [0.25, 0.3) is 11.1 Å². The first-order valence-corrected chi connectivity index (χ1v) is 9.01. The van der Waals surface area contributed by atoms with Gasteiger partial charge in [0.2, 0.25) is 0 Å². The van der Waals surface area contributed by atoms with Gasteiger partial charge in [0.25, 0.3) is 0 Å². The maximum Gasteiger partial charge on any atom is 0.488 e. The first-order valence-electron chi connectivity index (χ1n) is 9.01. The van der Waals surface area contributed by atoms with Gasteiger partial charge in [-0.1, -0.05) is 43.3 Å². The maximum atomic E-state index is 9.75. The fourth-order valence-corrected chi connectivity index (χ4v) is 3.27. The Bertz CT molecular complexity index is 890. The van der Waals surface area contributed by atoms with Crippen LogP contribution >= 0.6 is 0 Å². The number of anilines is 1. The molecule has 0 saturated heterocycles. The molecule has 4 nitrogen and oxygen atoms in total. The van der Waals surface area contributed by atoms with Gasteiger partial charge in [-0.15, -0.1) is 0 Å². The number of hydrogen-bond acceptors (Lipinski definition) is 4. The molecule has 1 aromatic heterocycles. The van der Waals surface area contributed by atoms with Crippen LogP contribution < -0.4 is 10.4 Å². The molecule has 5 heteroatoms. The number of nitrogens with zero attached hydrogens (tertiary/aromatic N) is 1. The highest BCUT2D eigenvalue weighted by Crippen LogP contribution is 2.35.